The quantitative estimate of drug-likeness (QED) is 0.823. The maximum Gasteiger partial charge on any atom is 0.422 e. The Morgan fingerprint density at radius 3 is 2.96 bits per heavy atom. The van der Waals surface area contributed by atoms with Gasteiger partial charge >= 0.3 is 6.18 Å². The van der Waals surface area contributed by atoms with Crippen molar-refractivity contribution in [3.05, 3.63) is 35.7 Å². The van der Waals surface area contributed by atoms with Gasteiger partial charge in [-0.2, -0.15) is 18.2 Å². The largest absolute Gasteiger partial charge is 0.482 e. The monoisotopic (exact) mass is 370 g/mol. The highest BCUT2D eigenvalue weighted by Gasteiger charge is 2.32. The molecule has 1 fully saturated rings. The van der Waals surface area contributed by atoms with Crippen LogP contribution in [-0.4, -0.2) is 51.8 Å². The van der Waals surface area contributed by atoms with Gasteiger partial charge in [-0.3, -0.25) is 4.79 Å². The first-order chi connectivity index (χ1) is 12.3. The summed E-state index contributed by atoms with van der Waals surface area (Å²) in [6.45, 7) is 1.02. The summed E-state index contributed by atoms with van der Waals surface area (Å²) in [4.78, 5) is 22.4. The lowest BCUT2D eigenvalue weighted by Crippen LogP contribution is -2.39. The van der Waals surface area contributed by atoms with Crippen LogP contribution in [0.5, 0.6) is 5.75 Å². The molecule has 26 heavy (non-hydrogen) atoms. The molecule has 1 atom stereocenters. The lowest BCUT2D eigenvalue weighted by atomic mass is 9.97. The topological polar surface area (TPSA) is 81.4 Å². The van der Waals surface area contributed by atoms with E-state index >= 15 is 0 Å². The zero-order valence-corrected chi connectivity index (χ0v) is 14.0. The molecule has 0 spiro atoms. The van der Waals surface area contributed by atoms with Crippen LogP contribution in [0.25, 0.3) is 0 Å². The lowest BCUT2D eigenvalue weighted by Gasteiger charge is -2.31. The van der Waals surface area contributed by atoms with E-state index in [2.05, 4.69) is 15.1 Å². The Bertz CT molecular complexity index is 778. The fourth-order valence-electron chi connectivity index (χ4n) is 2.82. The SMILES string of the molecule is Cc1noc([C@H]2CCCN(C(=O)c3ncccc3OCC(F)(F)F)C2)n1. The van der Waals surface area contributed by atoms with Crippen molar-refractivity contribution < 1.29 is 27.2 Å². The van der Waals surface area contributed by atoms with Crippen molar-refractivity contribution in [1.29, 1.82) is 0 Å². The Morgan fingerprint density at radius 2 is 2.27 bits per heavy atom. The molecule has 1 aliphatic rings. The van der Waals surface area contributed by atoms with Gasteiger partial charge in [0.2, 0.25) is 5.89 Å². The molecule has 1 amide bonds. The maximum absolute atomic E-state index is 12.8. The van der Waals surface area contributed by atoms with E-state index in [-0.39, 0.29) is 17.4 Å². The van der Waals surface area contributed by atoms with Gasteiger partial charge < -0.3 is 14.2 Å². The second kappa shape index (κ2) is 7.30. The number of carbonyl (C=O) groups is 1. The van der Waals surface area contributed by atoms with Crippen LogP contribution in [0.4, 0.5) is 13.2 Å². The number of amides is 1. The summed E-state index contributed by atoms with van der Waals surface area (Å²) in [5.41, 5.74) is -0.140. The number of rotatable bonds is 4. The lowest BCUT2D eigenvalue weighted by molar-refractivity contribution is -0.153. The number of carbonyl (C=O) groups excluding carboxylic acids is 1. The molecule has 2 aromatic rings. The minimum absolute atomic E-state index is 0.114. The smallest absolute Gasteiger partial charge is 0.422 e. The van der Waals surface area contributed by atoms with Crippen LogP contribution in [0, 0.1) is 6.92 Å². The van der Waals surface area contributed by atoms with Gasteiger partial charge in [0.1, 0.15) is 0 Å². The zero-order valence-electron chi connectivity index (χ0n) is 14.0. The van der Waals surface area contributed by atoms with Gasteiger partial charge in [0.25, 0.3) is 5.91 Å². The van der Waals surface area contributed by atoms with E-state index < -0.39 is 18.7 Å². The van der Waals surface area contributed by atoms with Crippen LogP contribution >= 0.6 is 0 Å². The van der Waals surface area contributed by atoms with E-state index in [0.29, 0.717) is 31.2 Å². The Kier molecular flexibility index (Phi) is 5.10. The second-order valence-corrected chi connectivity index (χ2v) is 6.02. The van der Waals surface area contributed by atoms with Gasteiger partial charge in [0, 0.05) is 19.3 Å². The van der Waals surface area contributed by atoms with Crippen LogP contribution < -0.4 is 4.74 Å². The van der Waals surface area contributed by atoms with Crippen LogP contribution in [0.2, 0.25) is 0 Å². The van der Waals surface area contributed by atoms with Crippen molar-refractivity contribution in [1.82, 2.24) is 20.0 Å². The molecular weight excluding hydrogens is 353 g/mol. The fraction of sp³-hybridized carbons (Fsp3) is 0.500. The van der Waals surface area contributed by atoms with E-state index in [1.54, 1.807) is 6.92 Å². The van der Waals surface area contributed by atoms with Gasteiger partial charge in [-0.25, -0.2) is 4.98 Å². The summed E-state index contributed by atoms with van der Waals surface area (Å²) in [7, 11) is 0. The predicted octanol–water partition coefficient (Wildman–Crippen LogP) is 2.73. The molecule has 3 heterocycles. The average molecular weight is 370 g/mol. The van der Waals surface area contributed by atoms with Gasteiger partial charge in [-0.1, -0.05) is 5.16 Å². The molecule has 0 aliphatic carbocycles. The van der Waals surface area contributed by atoms with Gasteiger partial charge in [0.05, 0.1) is 5.92 Å². The number of alkyl halides is 3. The molecular formula is C16H17F3N4O3. The highest BCUT2D eigenvalue weighted by atomic mass is 19.4. The fourth-order valence-corrected chi connectivity index (χ4v) is 2.82. The molecule has 7 nitrogen and oxygen atoms in total. The first kappa shape index (κ1) is 18.2. The van der Waals surface area contributed by atoms with Crippen molar-refractivity contribution in [2.24, 2.45) is 0 Å². The second-order valence-electron chi connectivity index (χ2n) is 6.02. The highest BCUT2D eigenvalue weighted by molar-refractivity contribution is 5.95. The molecule has 2 aromatic heterocycles. The molecule has 0 radical (unpaired) electrons. The number of piperidine rings is 1. The molecule has 10 heteroatoms. The molecule has 1 aliphatic heterocycles. The normalized spacial score (nSPS) is 18.0. The molecule has 0 bridgehead atoms. The summed E-state index contributed by atoms with van der Waals surface area (Å²) in [5.74, 6) is 0.178. The van der Waals surface area contributed by atoms with Gasteiger partial charge in [-0.15, -0.1) is 0 Å². The molecule has 140 valence electrons. The molecule has 0 saturated carbocycles. The number of likely N-dealkylation sites (tertiary alicyclic amines) is 1. The van der Waals surface area contributed by atoms with Crippen molar-refractivity contribution in [2.75, 3.05) is 19.7 Å². The van der Waals surface area contributed by atoms with E-state index in [1.807, 2.05) is 0 Å². The van der Waals surface area contributed by atoms with Gasteiger partial charge in [0.15, 0.2) is 23.9 Å². The van der Waals surface area contributed by atoms with Crippen LogP contribution in [0.1, 0.15) is 41.0 Å². The van der Waals surface area contributed by atoms with Crippen molar-refractivity contribution in [3.63, 3.8) is 0 Å². The third kappa shape index (κ3) is 4.30. The summed E-state index contributed by atoms with van der Waals surface area (Å²) in [5, 5.41) is 3.75. The highest BCUT2D eigenvalue weighted by Crippen LogP contribution is 2.28. The maximum atomic E-state index is 12.8. The van der Waals surface area contributed by atoms with Gasteiger partial charge in [-0.05, 0) is 31.9 Å². The first-order valence-electron chi connectivity index (χ1n) is 8.07. The predicted molar refractivity (Wildman–Crippen MR) is 82.7 cm³/mol. The van der Waals surface area contributed by atoms with Crippen molar-refractivity contribution in [2.45, 2.75) is 31.9 Å². The van der Waals surface area contributed by atoms with E-state index in [1.165, 1.54) is 23.2 Å². The number of pyridine rings is 1. The zero-order chi connectivity index (χ0) is 18.7. The number of aromatic nitrogens is 3. The van der Waals surface area contributed by atoms with Crippen LogP contribution in [0.15, 0.2) is 22.9 Å². The van der Waals surface area contributed by atoms with Crippen molar-refractivity contribution >= 4 is 5.91 Å². The standard InChI is InChI=1S/C16H17F3N4O3/c1-10-21-14(26-22-10)11-4-3-7-23(8-11)15(24)13-12(5-2-6-20-13)25-9-16(17,18)19/h2,5-6,11H,3-4,7-9H2,1H3/t11-/m0/s1. The molecule has 0 N–H and O–H groups in total. The van der Waals surface area contributed by atoms with E-state index in [9.17, 15) is 18.0 Å². The van der Waals surface area contributed by atoms with E-state index in [4.69, 9.17) is 9.26 Å². The molecule has 3 rings (SSSR count). The minimum Gasteiger partial charge on any atom is -0.482 e. The molecule has 1 saturated heterocycles. The van der Waals surface area contributed by atoms with Crippen LogP contribution in [-0.2, 0) is 0 Å². The number of aryl methyl sites for hydroxylation is 1. The Morgan fingerprint density at radius 1 is 1.46 bits per heavy atom. The summed E-state index contributed by atoms with van der Waals surface area (Å²) in [6.07, 6.45) is -1.66. The average Bonchev–Trinajstić information content (AvgIpc) is 3.05. The Labute approximate surface area is 147 Å². The summed E-state index contributed by atoms with van der Waals surface area (Å²) in [6, 6.07) is 2.72. The number of ether oxygens (including phenoxy) is 1. The number of nitrogens with zero attached hydrogens (tertiary/aromatic N) is 4. The third-order valence-electron chi connectivity index (χ3n) is 3.97. The van der Waals surface area contributed by atoms with Crippen LogP contribution in [0.3, 0.4) is 0 Å². The summed E-state index contributed by atoms with van der Waals surface area (Å²) >= 11 is 0. The molecule has 0 aromatic carbocycles. The number of hydrogen-bond acceptors (Lipinski definition) is 6. The summed E-state index contributed by atoms with van der Waals surface area (Å²) < 4.78 is 47.1. The Balaban J connectivity index is 1.74. The number of halogens is 3. The Hall–Kier alpha value is -2.65. The first-order valence-corrected chi connectivity index (χ1v) is 8.07. The minimum atomic E-state index is -4.50. The molecule has 0 unspecified atom stereocenters. The third-order valence-corrected chi connectivity index (χ3v) is 3.97. The number of hydrogen-bond donors (Lipinski definition) is 0. The van der Waals surface area contributed by atoms with E-state index in [0.717, 1.165) is 6.42 Å². The van der Waals surface area contributed by atoms with Crippen molar-refractivity contribution in [3.8, 4) is 5.75 Å².